The second-order valence-electron chi connectivity index (χ2n) is 7.50. The maximum atomic E-state index is 12.4. The first kappa shape index (κ1) is 19.8. The van der Waals surface area contributed by atoms with E-state index in [1.807, 2.05) is 49.1 Å². The van der Waals surface area contributed by atoms with Gasteiger partial charge in [-0.05, 0) is 56.0 Å². The number of nitrogens with two attached hydrogens (primary N) is 1. The number of thiophene rings is 1. The van der Waals surface area contributed by atoms with Crippen LogP contribution in [0.25, 0.3) is 10.2 Å². The average molecular weight is 412 g/mol. The number of hydrogen-bond donors (Lipinski definition) is 2. The fraction of sp³-hybridized carbons (Fsp3) is 0.364. The minimum Gasteiger partial charge on any atom is -0.397 e. The lowest BCUT2D eigenvalue weighted by Crippen LogP contribution is -2.27. The molecule has 1 aliphatic rings. The molecule has 0 aliphatic carbocycles. The van der Waals surface area contributed by atoms with Crippen molar-refractivity contribution in [3.05, 3.63) is 57.6 Å². The highest BCUT2D eigenvalue weighted by atomic mass is 32.1. The van der Waals surface area contributed by atoms with Gasteiger partial charge in [-0.2, -0.15) is 0 Å². The number of amides is 1. The maximum Gasteiger partial charge on any atom is 0.253 e. The molecule has 6 nitrogen and oxygen atoms in total. The summed E-state index contributed by atoms with van der Waals surface area (Å²) in [5, 5.41) is 11.4. The summed E-state index contributed by atoms with van der Waals surface area (Å²) < 4.78 is 5.66. The summed E-state index contributed by atoms with van der Waals surface area (Å²) in [7, 11) is 0. The third-order valence-electron chi connectivity index (χ3n) is 5.28. The van der Waals surface area contributed by atoms with Crippen molar-refractivity contribution in [1.29, 1.82) is 0 Å². The van der Waals surface area contributed by atoms with E-state index < -0.39 is 6.29 Å². The summed E-state index contributed by atoms with van der Waals surface area (Å²) in [6.45, 7) is 5.81. The first-order chi connectivity index (χ1) is 13.9. The number of likely N-dealkylation sites (tertiary alicyclic amines) is 1. The highest BCUT2D eigenvalue weighted by Crippen LogP contribution is 2.39. The van der Waals surface area contributed by atoms with Gasteiger partial charge in [0.2, 0.25) is 0 Å². The van der Waals surface area contributed by atoms with E-state index in [1.54, 1.807) is 0 Å². The number of aryl methyl sites for hydroxylation is 2. The first-order valence-corrected chi connectivity index (χ1v) is 10.6. The molecule has 3 N–H and O–H groups in total. The zero-order valence-corrected chi connectivity index (χ0v) is 17.5. The highest BCUT2D eigenvalue weighted by Gasteiger charge is 2.21. The van der Waals surface area contributed by atoms with Crippen LogP contribution in [0.5, 0.6) is 0 Å². The lowest BCUT2D eigenvalue weighted by molar-refractivity contribution is -0.109. The molecule has 3 aromatic rings. The zero-order valence-electron chi connectivity index (χ0n) is 16.6. The lowest BCUT2D eigenvalue weighted by Gasteiger charge is -2.15. The molecule has 0 radical (unpaired) electrons. The normalized spacial score (nSPS) is 15.2. The molecule has 1 amide bonds. The molecule has 29 heavy (non-hydrogen) atoms. The van der Waals surface area contributed by atoms with Crippen LogP contribution in [0.3, 0.4) is 0 Å². The van der Waals surface area contributed by atoms with Gasteiger partial charge in [0.05, 0.1) is 17.2 Å². The molecule has 7 heteroatoms. The molecule has 1 atom stereocenters. The molecule has 152 valence electrons. The van der Waals surface area contributed by atoms with E-state index in [-0.39, 0.29) is 12.5 Å². The van der Waals surface area contributed by atoms with Gasteiger partial charge in [0.1, 0.15) is 4.83 Å². The molecule has 1 fully saturated rings. The third kappa shape index (κ3) is 3.99. The van der Waals surface area contributed by atoms with Crippen molar-refractivity contribution in [3.8, 4) is 0 Å². The second kappa shape index (κ2) is 8.10. The van der Waals surface area contributed by atoms with E-state index in [1.165, 1.54) is 11.3 Å². The number of benzene rings is 1. The number of fused-ring (bicyclic) bond motifs is 1. The number of aliphatic hydroxyl groups excluding tert-OH is 1. The molecule has 0 bridgehead atoms. The fourth-order valence-corrected chi connectivity index (χ4v) is 4.92. The Balaban J connectivity index is 1.44. The zero-order chi connectivity index (χ0) is 20.5. The van der Waals surface area contributed by atoms with E-state index >= 15 is 0 Å². The maximum absolute atomic E-state index is 12.4. The number of pyridine rings is 1. The number of rotatable bonds is 5. The third-order valence-corrected chi connectivity index (χ3v) is 6.41. The predicted octanol–water partition coefficient (Wildman–Crippen LogP) is 3.94. The smallest absolute Gasteiger partial charge is 0.253 e. The summed E-state index contributed by atoms with van der Waals surface area (Å²) in [6.07, 6.45) is 1.02. The molecular formula is C22H25N3O3S. The first-order valence-electron chi connectivity index (χ1n) is 9.78. The number of aliphatic hydroxyl groups is 1. The Bertz CT molecular complexity index is 1040. The van der Waals surface area contributed by atoms with E-state index in [0.29, 0.717) is 16.1 Å². The topological polar surface area (TPSA) is 88.7 Å². The van der Waals surface area contributed by atoms with E-state index in [4.69, 9.17) is 10.5 Å². The number of hydrogen-bond acceptors (Lipinski definition) is 6. The Morgan fingerprint density at radius 3 is 2.66 bits per heavy atom. The molecule has 3 heterocycles. The van der Waals surface area contributed by atoms with Gasteiger partial charge in [0, 0.05) is 29.7 Å². The van der Waals surface area contributed by atoms with Gasteiger partial charge in [-0.25, -0.2) is 4.98 Å². The van der Waals surface area contributed by atoms with Gasteiger partial charge in [0.25, 0.3) is 5.91 Å². The Kier molecular flexibility index (Phi) is 5.54. The van der Waals surface area contributed by atoms with Crippen molar-refractivity contribution in [2.45, 2.75) is 39.6 Å². The van der Waals surface area contributed by atoms with Crippen molar-refractivity contribution in [2.24, 2.45) is 0 Å². The number of aromatic nitrogens is 1. The summed E-state index contributed by atoms with van der Waals surface area (Å²) in [4.78, 5) is 20.2. The van der Waals surface area contributed by atoms with Crippen molar-refractivity contribution < 1.29 is 14.6 Å². The Morgan fingerprint density at radius 2 is 1.97 bits per heavy atom. The summed E-state index contributed by atoms with van der Waals surface area (Å²) in [6, 6.07) is 9.33. The summed E-state index contributed by atoms with van der Waals surface area (Å²) in [5.74, 6) is 0.0752. The van der Waals surface area contributed by atoms with Crippen molar-refractivity contribution in [3.63, 3.8) is 0 Å². The number of carbonyl (C=O) groups excluding carboxylic acids is 1. The Hall–Kier alpha value is -2.48. The average Bonchev–Trinajstić information content (AvgIpc) is 3.34. The SMILES string of the molecule is Cc1cc(C)c2c(N)c(C(O)OCc3ccc(C(=O)N4CCCC4)cc3)sc2n1. The van der Waals surface area contributed by atoms with Gasteiger partial charge < -0.3 is 20.5 Å². The van der Waals surface area contributed by atoms with Crippen LogP contribution in [0, 0.1) is 13.8 Å². The minimum atomic E-state index is -1.13. The number of carbonyl (C=O) groups is 1. The van der Waals surface area contributed by atoms with E-state index in [2.05, 4.69) is 4.98 Å². The van der Waals surface area contributed by atoms with E-state index in [9.17, 15) is 9.90 Å². The molecule has 0 saturated carbocycles. The van der Waals surface area contributed by atoms with Crippen LogP contribution < -0.4 is 5.73 Å². The van der Waals surface area contributed by atoms with E-state index in [0.717, 1.165) is 53.0 Å². The van der Waals surface area contributed by atoms with Crippen LogP contribution in [0.4, 0.5) is 5.69 Å². The predicted molar refractivity (Wildman–Crippen MR) is 115 cm³/mol. The molecule has 0 spiro atoms. The summed E-state index contributed by atoms with van der Waals surface area (Å²) >= 11 is 1.35. The van der Waals surface area contributed by atoms with Crippen LogP contribution >= 0.6 is 11.3 Å². The largest absolute Gasteiger partial charge is 0.397 e. The van der Waals surface area contributed by atoms with Crippen LogP contribution in [-0.2, 0) is 11.3 Å². The van der Waals surface area contributed by atoms with Crippen LogP contribution in [0.15, 0.2) is 30.3 Å². The molecule has 1 saturated heterocycles. The molecule has 4 rings (SSSR count). The standard InChI is InChI=1S/C22H25N3O3S/c1-13-11-14(2)24-20-17(13)18(23)19(29-20)22(27)28-12-15-5-7-16(8-6-15)21(26)25-9-3-4-10-25/h5-8,11,22,27H,3-4,9-10,12,23H2,1-2H3. The van der Waals surface area contributed by atoms with Gasteiger partial charge in [-0.1, -0.05) is 12.1 Å². The van der Waals surface area contributed by atoms with Gasteiger partial charge in [-0.3, -0.25) is 4.79 Å². The van der Waals surface area contributed by atoms with Gasteiger partial charge >= 0.3 is 0 Å². The number of ether oxygens (including phenoxy) is 1. The number of nitrogens with zero attached hydrogens (tertiary/aromatic N) is 2. The molecule has 1 aromatic carbocycles. The Morgan fingerprint density at radius 1 is 1.28 bits per heavy atom. The minimum absolute atomic E-state index is 0.0752. The molecule has 1 unspecified atom stereocenters. The molecule has 1 aliphatic heterocycles. The summed E-state index contributed by atoms with van der Waals surface area (Å²) in [5.41, 5.74) is 10.3. The number of anilines is 1. The molecular weight excluding hydrogens is 386 g/mol. The monoisotopic (exact) mass is 411 g/mol. The van der Waals surface area contributed by atoms with Gasteiger partial charge in [-0.15, -0.1) is 11.3 Å². The number of nitrogen functional groups attached to an aromatic ring is 1. The van der Waals surface area contributed by atoms with Crippen molar-refractivity contribution >= 4 is 33.1 Å². The quantitative estimate of drug-likeness (QED) is 0.621. The fourth-order valence-electron chi connectivity index (χ4n) is 3.77. The van der Waals surface area contributed by atoms with Gasteiger partial charge in [0.15, 0.2) is 6.29 Å². The molecule has 2 aromatic heterocycles. The lowest BCUT2D eigenvalue weighted by atomic mass is 10.1. The second-order valence-corrected chi connectivity index (χ2v) is 8.53. The Labute approximate surface area is 173 Å². The van der Waals surface area contributed by atoms with Crippen molar-refractivity contribution in [2.75, 3.05) is 18.8 Å². The van der Waals surface area contributed by atoms with Crippen LogP contribution in [0.2, 0.25) is 0 Å². The van der Waals surface area contributed by atoms with Crippen LogP contribution in [-0.4, -0.2) is 34.0 Å². The highest BCUT2D eigenvalue weighted by molar-refractivity contribution is 7.19. The van der Waals surface area contributed by atoms with Crippen molar-refractivity contribution in [1.82, 2.24) is 9.88 Å². The van der Waals surface area contributed by atoms with Crippen LogP contribution in [0.1, 0.15) is 51.2 Å².